The van der Waals surface area contributed by atoms with Gasteiger partial charge in [-0.1, -0.05) is 24.3 Å². The molecule has 2 N–H and O–H groups in total. The Morgan fingerprint density at radius 3 is 2.85 bits per heavy atom. The summed E-state index contributed by atoms with van der Waals surface area (Å²) in [5.74, 6) is -0.0318. The lowest BCUT2D eigenvalue weighted by Crippen LogP contribution is -2.36. The third-order valence-electron chi connectivity index (χ3n) is 4.91. The van der Waals surface area contributed by atoms with Gasteiger partial charge in [0.1, 0.15) is 11.4 Å². The number of aromatic nitrogens is 4. The molecule has 6 heteroatoms. The van der Waals surface area contributed by atoms with E-state index in [1.165, 1.54) is 16.6 Å². The Kier molecular flexibility index (Phi) is 3.35. The minimum atomic E-state index is -0.0318. The van der Waals surface area contributed by atoms with Gasteiger partial charge in [0.25, 0.3) is 5.91 Å². The summed E-state index contributed by atoms with van der Waals surface area (Å²) >= 11 is 0. The van der Waals surface area contributed by atoms with E-state index in [0.29, 0.717) is 24.5 Å². The Morgan fingerprint density at radius 2 is 1.96 bits per heavy atom. The van der Waals surface area contributed by atoms with Crippen molar-refractivity contribution in [1.29, 1.82) is 0 Å². The second-order valence-electron chi connectivity index (χ2n) is 6.49. The minimum Gasteiger partial charge on any atom is -0.358 e. The summed E-state index contributed by atoms with van der Waals surface area (Å²) in [6.07, 6.45) is 2.55. The zero-order valence-corrected chi connectivity index (χ0v) is 14.1. The van der Waals surface area contributed by atoms with Crippen LogP contribution in [0.5, 0.6) is 0 Å². The molecule has 0 aliphatic carbocycles. The molecule has 0 spiro atoms. The average molecular weight is 343 g/mol. The third-order valence-corrected chi connectivity index (χ3v) is 4.91. The summed E-state index contributed by atoms with van der Waals surface area (Å²) in [6, 6.07) is 15.7. The van der Waals surface area contributed by atoms with Crippen molar-refractivity contribution >= 4 is 16.8 Å². The Balaban J connectivity index is 1.43. The van der Waals surface area contributed by atoms with E-state index in [1.54, 1.807) is 12.3 Å². The molecule has 3 aromatic heterocycles. The fourth-order valence-corrected chi connectivity index (χ4v) is 3.59. The molecule has 0 saturated carbocycles. The number of nitrogens with one attached hydrogen (secondary N) is 2. The monoisotopic (exact) mass is 343 g/mol. The molecule has 0 atom stereocenters. The van der Waals surface area contributed by atoms with E-state index in [9.17, 15) is 4.79 Å². The maximum atomic E-state index is 12.9. The van der Waals surface area contributed by atoms with E-state index in [4.69, 9.17) is 0 Å². The summed E-state index contributed by atoms with van der Waals surface area (Å²) in [4.78, 5) is 22.6. The molecular weight excluding hydrogens is 326 g/mol. The van der Waals surface area contributed by atoms with Crippen molar-refractivity contribution in [2.24, 2.45) is 0 Å². The standard InChI is InChI=1S/C20H17N5O/c26-20(19-11-18(23-24-19)17-7-3-4-9-21-17)25-10-8-16-14(12-25)13-5-1-2-6-15(13)22-16/h1-7,9,11,22H,8,10,12H2,(H,23,24). The molecule has 4 aromatic rings. The highest BCUT2D eigenvalue weighted by atomic mass is 16.2. The Bertz CT molecular complexity index is 1100. The largest absolute Gasteiger partial charge is 0.358 e. The molecule has 128 valence electrons. The maximum absolute atomic E-state index is 12.9. The average Bonchev–Trinajstić information content (AvgIpc) is 3.33. The fourth-order valence-electron chi connectivity index (χ4n) is 3.59. The molecule has 1 aliphatic heterocycles. The second-order valence-corrected chi connectivity index (χ2v) is 6.49. The molecule has 0 fully saturated rings. The molecule has 0 radical (unpaired) electrons. The molecule has 0 unspecified atom stereocenters. The van der Waals surface area contributed by atoms with Crippen molar-refractivity contribution < 1.29 is 4.79 Å². The van der Waals surface area contributed by atoms with E-state index in [-0.39, 0.29) is 5.91 Å². The van der Waals surface area contributed by atoms with Gasteiger partial charge in [0, 0.05) is 47.9 Å². The summed E-state index contributed by atoms with van der Waals surface area (Å²) in [6.45, 7) is 1.30. The van der Waals surface area contributed by atoms with Crippen molar-refractivity contribution in [3.8, 4) is 11.4 Å². The van der Waals surface area contributed by atoms with Crippen molar-refractivity contribution in [2.75, 3.05) is 6.54 Å². The van der Waals surface area contributed by atoms with Crippen molar-refractivity contribution in [3.05, 3.63) is 71.7 Å². The van der Waals surface area contributed by atoms with Gasteiger partial charge < -0.3 is 9.88 Å². The normalized spacial score (nSPS) is 13.8. The van der Waals surface area contributed by atoms with E-state index < -0.39 is 0 Å². The summed E-state index contributed by atoms with van der Waals surface area (Å²) in [5, 5.41) is 8.31. The first-order valence-electron chi connectivity index (χ1n) is 8.64. The van der Waals surface area contributed by atoms with Gasteiger partial charge in [-0.3, -0.25) is 14.9 Å². The SMILES string of the molecule is O=C(c1cc(-c2ccccn2)n[nH]1)N1CCc2[nH]c3ccccc3c2C1. The van der Waals surface area contributed by atoms with Crippen LogP contribution in [0.2, 0.25) is 0 Å². The smallest absolute Gasteiger partial charge is 0.272 e. The first kappa shape index (κ1) is 14.9. The third kappa shape index (κ3) is 2.38. The minimum absolute atomic E-state index is 0.0318. The van der Waals surface area contributed by atoms with Crippen LogP contribution in [-0.2, 0) is 13.0 Å². The predicted molar refractivity (Wildman–Crippen MR) is 98.6 cm³/mol. The van der Waals surface area contributed by atoms with Crippen LogP contribution in [0.15, 0.2) is 54.7 Å². The first-order chi connectivity index (χ1) is 12.8. The van der Waals surface area contributed by atoms with Gasteiger partial charge in [-0.25, -0.2) is 0 Å². The lowest BCUT2D eigenvalue weighted by atomic mass is 10.0. The number of hydrogen-bond acceptors (Lipinski definition) is 3. The Labute approximate surface area is 149 Å². The lowest BCUT2D eigenvalue weighted by Gasteiger charge is -2.26. The van der Waals surface area contributed by atoms with Gasteiger partial charge in [-0.2, -0.15) is 5.10 Å². The van der Waals surface area contributed by atoms with Gasteiger partial charge in [0.15, 0.2) is 0 Å². The topological polar surface area (TPSA) is 77.7 Å². The summed E-state index contributed by atoms with van der Waals surface area (Å²) in [7, 11) is 0. The molecule has 4 heterocycles. The molecule has 6 nitrogen and oxygen atoms in total. The van der Waals surface area contributed by atoms with Crippen LogP contribution >= 0.6 is 0 Å². The number of H-pyrrole nitrogens is 2. The zero-order chi connectivity index (χ0) is 17.5. The van der Waals surface area contributed by atoms with E-state index in [2.05, 4.69) is 32.3 Å². The van der Waals surface area contributed by atoms with Gasteiger partial charge in [-0.05, 0) is 24.3 Å². The molecule has 1 amide bonds. The van der Waals surface area contributed by atoms with Crippen molar-refractivity contribution in [3.63, 3.8) is 0 Å². The number of hydrogen-bond donors (Lipinski definition) is 2. The van der Waals surface area contributed by atoms with Crippen LogP contribution in [0.25, 0.3) is 22.3 Å². The molecule has 0 bridgehead atoms. The van der Waals surface area contributed by atoms with Crippen LogP contribution < -0.4 is 0 Å². The number of carbonyl (C=O) groups is 1. The molecular formula is C20H17N5O. The van der Waals surface area contributed by atoms with E-state index >= 15 is 0 Å². The van der Waals surface area contributed by atoms with Crippen molar-refractivity contribution in [2.45, 2.75) is 13.0 Å². The quantitative estimate of drug-likeness (QED) is 0.587. The lowest BCUT2D eigenvalue weighted by molar-refractivity contribution is 0.0729. The van der Waals surface area contributed by atoms with Gasteiger partial charge >= 0.3 is 0 Å². The molecule has 1 aliphatic rings. The highest BCUT2D eigenvalue weighted by molar-refractivity contribution is 5.94. The Hall–Kier alpha value is -3.41. The second kappa shape index (κ2) is 5.84. The number of fused-ring (bicyclic) bond motifs is 3. The highest BCUT2D eigenvalue weighted by Gasteiger charge is 2.26. The number of carbonyl (C=O) groups excluding carboxylic acids is 1. The highest BCUT2D eigenvalue weighted by Crippen LogP contribution is 2.28. The number of pyridine rings is 1. The van der Waals surface area contributed by atoms with Gasteiger partial charge in [0.2, 0.25) is 0 Å². The van der Waals surface area contributed by atoms with Crippen molar-refractivity contribution in [1.82, 2.24) is 25.1 Å². The van der Waals surface area contributed by atoms with Crippen LogP contribution in [0.1, 0.15) is 21.7 Å². The van der Waals surface area contributed by atoms with E-state index in [0.717, 1.165) is 17.6 Å². The molecule has 5 rings (SSSR count). The maximum Gasteiger partial charge on any atom is 0.272 e. The Morgan fingerprint density at radius 1 is 1.08 bits per heavy atom. The summed E-state index contributed by atoms with van der Waals surface area (Å²) in [5.41, 5.74) is 5.50. The first-order valence-corrected chi connectivity index (χ1v) is 8.64. The predicted octanol–water partition coefficient (Wildman–Crippen LogP) is 3.15. The molecule has 26 heavy (non-hydrogen) atoms. The molecule has 1 aromatic carbocycles. The number of para-hydroxylation sites is 1. The zero-order valence-electron chi connectivity index (χ0n) is 14.1. The fraction of sp³-hybridized carbons (Fsp3) is 0.150. The van der Waals surface area contributed by atoms with Crippen LogP contribution in [0.3, 0.4) is 0 Å². The van der Waals surface area contributed by atoms with E-state index in [1.807, 2.05) is 35.2 Å². The van der Waals surface area contributed by atoms with Crippen LogP contribution in [0.4, 0.5) is 0 Å². The van der Waals surface area contributed by atoms with Crippen LogP contribution in [-0.4, -0.2) is 37.5 Å². The van der Waals surface area contributed by atoms with Gasteiger partial charge in [0.05, 0.1) is 5.69 Å². The van der Waals surface area contributed by atoms with Gasteiger partial charge in [-0.15, -0.1) is 0 Å². The number of aromatic amines is 2. The number of amides is 1. The summed E-state index contributed by atoms with van der Waals surface area (Å²) < 4.78 is 0. The number of nitrogens with zero attached hydrogens (tertiary/aromatic N) is 3. The van der Waals surface area contributed by atoms with Crippen LogP contribution in [0, 0.1) is 0 Å². The number of benzene rings is 1. The molecule has 0 saturated heterocycles. The number of rotatable bonds is 2.